The minimum Gasteiger partial charge on any atom is -0.793 e. The van der Waals surface area contributed by atoms with Gasteiger partial charge < -0.3 is 145 Å². The van der Waals surface area contributed by atoms with Gasteiger partial charge in [-0.1, -0.05) is 0 Å². The third-order valence-electron chi connectivity index (χ3n) is 10.3. The van der Waals surface area contributed by atoms with Crippen LogP contribution in [-0.2, 0) is 106 Å². The third kappa shape index (κ3) is 131. The van der Waals surface area contributed by atoms with Crippen LogP contribution >= 0.6 is 0 Å². The summed E-state index contributed by atoms with van der Waals surface area (Å²) in [7, 11) is -31.2. The molecule has 844 valence electrons. The van der Waals surface area contributed by atoms with E-state index in [9.17, 15) is 38.4 Å². The van der Waals surface area contributed by atoms with E-state index in [1.165, 1.54) is 0 Å². The van der Waals surface area contributed by atoms with Crippen molar-refractivity contribution in [2.75, 3.05) is 0 Å². The van der Waals surface area contributed by atoms with Crippen LogP contribution in [-0.4, -0.2) is 207 Å². The summed E-state index contributed by atoms with van der Waals surface area (Å²) in [5, 5.41) is 0. The molecule has 0 bridgehead atoms. The zero-order valence-electron chi connectivity index (χ0n) is 104. The fourth-order valence-electron chi connectivity index (χ4n) is 9.50. The molecular formula is C96H216K2O32Si8Tb2. The van der Waals surface area contributed by atoms with Gasteiger partial charge in [-0.2, -0.15) is 0 Å². The molecule has 0 rings (SSSR count). The van der Waals surface area contributed by atoms with Crippen molar-refractivity contribution in [2.45, 2.75) is 633 Å². The monoisotopic (exact) mass is 2500 g/mol. The Kier molecular flexibility index (Phi) is 74.9. The molecule has 0 unspecified atom stereocenters. The van der Waals surface area contributed by atoms with Crippen molar-refractivity contribution in [2.24, 2.45) is 0 Å². The Hall–Kier alpha value is 6.30. The molecule has 0 aliphatic rings. The van der Waals surface area contributed by atoms with E-state index in [4.69, 9.17) is 106 Å². The summed E-state index contributed by atoms with van der Waals surface area (Å²) in [4.78, 5) is 101. The van der Waals surface area contributed by atoms with Gasteiger partial charge in [0, 0.05) is 0 Å². The quantitative estimate of drug-likeness (QED) is 0.0810. The topological polar surface area (TPSA) is 406 Å². The van der Waals surface area contributed by atoms with E-state index in [-0.39, 0.29) is 180 Å². The molecule has 0 radical (unpaired) electrons. The number of hydrogen-bond donors (Lipinski definition) is 0. The normalized spacial score (nSPS) is 14.7. The minimum atomic E-state index is -3.91. The van der Waals surface area contributed by atoms with Crippen LogP contribution in [0, 0.1) is 77.2 Å². The van der Waals surface area contributed by atoms with Crippen molar-refractivity contribution in [1.29, 1.82) is 0 Å². The van der Waals surface area contributed by atoms with Crippen LogP contribution in [0.5, 0.6) is 0 Å². The molecule has 32 nitrogen and oxygen atoms in total. The first kappa shape index (κ1) is 171. The van der Waals surface area contributed by atoms with Gasteiger partial charge in [-0.05, 0) is 499 Å². The van der Waals surface area contributed by atoms with Crippen LogP contribution in [0.3, 0.4) is 0 Å². The maximum Gasteiger partial charge on any atom is 3.00 e. The molecule has 0 spiro atoms. The Balaban J connectivity index is -0.000000133. The molecule has 0 aliphatic heterocycles. The summed E-state index contributed by atoms with van der Waals surface area (Å²) in [6, 6.07) is 0. The Morgan fingerprint density at radius 1 is 0.0857 bits per heavy atom. The van der Waals surface area contributed by atoms with Crippen molar-refractivity contribution in [3.63, 3.8) is 0 Å². The van der Waals surface area contributed by atoms with Crippen molar-refractivity contribution >= 4 is 72.4 Å². The smallest absolute Gasteiger partial charge is 0.793 e. The van der Waals surface area contributed by atoms with Crippen LogP contribution in [0.2, 0.25) is 0 Å². The summed E-state index contributed by atoms with van der Waals surface area (Å²) < 4.78 is 132. The minimum absolute atomic E-state index is 0. The van der Waals surface area contributed by atoms with Gasteiger partial charge in [-0.3, -0.25) is 0 Å². The molecule has 0 aromatic heterocycles. The van der Waals surface area contributed by atoms with E-state index in [0.717, 1.165) is 0 Å². The fourth-order valence-corrected chi connectivity index (χ4v) is 28.5. The number of rotatable bonds is 24. The van der Waals surface area contributed by atoms with E-state index in [0.29, 0.717) is 0 Å². The molecule has 140 heavy (non-hydrogen) atoms. The van der Waals surface area contributed by atoms with Gasteiger partial charge in [0.2, 0.25) is 0 Å². The van der Waals surface area contributed by atoms with Gasteiger partial charge in [0.25, 0.3) is 0 Å². The van der Waals surface area contributed by atoms with Crippen LogP contribution in [0.15, 0.2) is 0 Å². The molecule has 0 saturated carbocycles. The van der Waals surface area contributed by atoms with Crippen molar-refractivity contribution in [3.05, 3.63) is 0 Å². The van der Waals surface area contributed by atoms with Crippen molar-refractivity contribution < 1.29 is 325 Å². The largest absolute Gasteiger partial charge is 3.00 e. The standard InChI is InChI=1S/8C12H27O4Si.2K.2Tb/c8*1-10(2,3)14-17(13,15-11(4,5)6)16-12(7,8)9;;;;/h8*1-9H3;;;;/q8*-1;2*+1;2*+3. The summed E-state index contributed by atoms with van der Waals surface area (Å²) in [6.45, 7) is 131. The van der Waals surface area contributed by atoms with E-state index in [1.807, 2.05) is 499 Å². The molecule has 0 aromatic rings. The maximum absolute atomic E-state index is 12.6. The van der Waals surface area contributed by atoms with Gasteiger partial charge >= 0.3 is 252 Å². The predicted molar refractivity (Wildman–Crippen MR) is 546 cm³/mol. The summed E-state index contributed by atoms with van der Waals surface area (Å²) >= 11 is 0. The first-order chi connectivity index (χ1) is 57.0. The van der Waals surface area contributed by atoms with Crippen molar-refractivity contribution in [3.8, 4) is 0 Å². The molecule has 0 aliphatic carbocycles. The van der Waals surface area contributed by atoms with E-state index in [1.54, 1.807) is 0 Å². The molecule has 0 aromatic carbocycles. The van der Waals surface area contributed by atoms with Gasteiger partial charge in [-0.15, -0.1) is 0 Å². The van der Waals surface area contributed by atoms with Gasteiger partial charge in [0.05, 0.1) is 134 Å². The van der Waals surface area contributed by atoms with Crippen molar-refractivity contribution in [1.82, 2.24) is 0 Å². The molecule has 44 heteroatoms. The van der Waals surface area contributed by atoms with E-state index < -0.39 is 207 Å². The Bertz CT molecular complexity index is 2310. The second-order valence-corrected chi connectivity index (χ2v) is 70.0. The Morgan fingerprint density at radius 3 is 0.121 bits per heavy atom. The second-order valence-electron chi connectivity index (χ2n) is 57.1. The van der Waals surface area contributed by atoms with Crippen LogP contribution in [0.25, 0.3) is 0 Å². The van der Waals surface area contributed by atoms with E-state index in [2.05, 4.69) is 0 Å². The van der Waals surface area contributed by atoms with E-state index >= 15 is 0 Å². The molecule has 0 saturated heterocycles. The van der Waals surface area contributed by atoms with Gasteiger partial charge in [-0.25, -0.2) is 0 Å². The Morgan fingerprint density at radius 2 is 0.107 bits per heavy atom. The SMILES string of the molecule is CC(C)(C)O[Si]([O-])(OC(C)(C)C)OC(C)(C)C.CC(C)(C)O[Si]([O-])(OC(C)(C)C)OC(C)(C)C.CC(C)(C)O[Si]([O-])(OC(C)(C)C)OC(C)(C)C.CC(C)(C)O[Si]([O-])(OC(C)(C)C)OC(C)(C)C.CC(C)(C)O[Si]([O-])(OC(C)(C)C)OC(C)(C)C.CC(C)(C)O[Si]([O-])(OC(C)(C)C)OC(C)(C)C.CC(C)(C)O[Si]([O-])(OC(C)(C)C)OC(C)(C)C.CC(C)(C)O[Si]([O-])(OC(C)(C)C)OC(C)(C)C.[K+].[K+].[Tb+3].[Tb+3]. The zero-order chi connectivity index (χ0) is 113. The summed E-state index contributed by atoms with van der Waals surface area (Å²) in [5.41, 5.74) is -13.9. The molecule has 0 amide bonds. The zero-order valence-corrected chi connectivity index (χ0v) is 122. The Labute approximate surface area is 1020 Å². The second kappa shape index (κ2) is 61.2. The maximum atomic E-state index is 12.6. The average molecular weight is 2500 g/mol. The van der Waals surface area contributed by atoms with Crippen LogP contribution < -0.4 is 141 Å². The summed E-state index contributed by atoms with van der Waals surface area (Å²) in [6.07, 6.45) is 0. The summed E-state index contributed by atoms with van der Waals surface area (Å²) in [5.74, 6) is 0. The molecule has 0 fully saturated rings. The molecule has 0 atom stereocenters. The number of hydrogen-bond acceptors (Lipinski definition) is 32. The molecule has 0 N–H and O–H groups in total. The van der Waals surface area contributed by atoms with Gasteiger partial charge in [0.1, 0.15) is 0 Å². The van der Waals surface area contributed by atoms with Crippen LogP contribution in [0.1, 0.15) is 499 Å². The third-order valence-corrected chi connectivity index (χ3v) is 31.0. The van der Waals surface area contributed by atoms with Gasteiger partial charge in [0.15, 0.2) is 0 Å². The van der Waals surface area contributed by atoms with Crippen LogP contribution in [0.4, 0.5) is 0 Å². The fraction of sp³-hybridized carbons (Fsp3) is 1.00. The predicted octanol–water partition coefficient (Wildman–Crippen LogP) is 11.8. The molecule has 0 heterocycles. The molecular weight excluding hydrogens is 2290 g/mol. The average Bonchev–Trinajstić information content (AvgIpc) is 0.858. The first-order valence-corrected chi connectivity index (χ1v) is 60.5. The first-order valence-electron chi connectivity index (χ1n) is 47.4.